The molecule has 0 heterocycles. The number of methoxy groups -OCH3 is 1. The van der Waals surface area contributed by atoms with Crippen LogP contribution in [-0.4, -0.2) is 26.4 Å². The van der Waals surface area contributed by atoms with Crippen molar-refractivity contribution >= 4 is 0 Å². The van der Waals surface area contributed by atoms with Crippen LogP contribution in [0.1, 0.15) is 26.2 Å². The van der Waals surface area contributed by atoms with Crippen molar-refractivity contribution in [3.05, 3.63) is 11.6 Å². The normalized spacial score (nSPS) is 38.4. The summed E-state index contributed by atoms with van der Waals surface area (Å²) in [5.74, 6) is 1.63. The summed E-state index contributed by atoms with van der Waals surface area (Å²) in [4.78, 5) is 0. The van der Waals surface area contributed by atoms with Crippen LogP contribution in [0.5, 0.6) is 0 Å². The van der Waals surface area contributed by atoms with Gasteiger partial charge in [0.15, 0.2) is 0 Å². The predicted molar refractivity (Wildman–Crippen MR) is 56.2 cm³/mol. The van der Waals surface area contributed by atoms with Crippen molar-refractivity contribution in [3.63, 3.8) is 0 Å². The van der Waals surface area contributed by atoms with Gasteiger partial charge in [0.25, 0.3) is 0 Å². The molecule has 3 atom stereocenters. The third-order valence-corrected chi connectivity index (χ3v) is 3.59. The van der Waals surface area contributed by atoms with Gasteiger partial charge >= 0.3 is 0 Å². The minimum atomic E-state index is 0.482. The lowest BCUT2D eigenvalue weighted by Crippen LogP contribution is -2.23. The first-order valence-corrected chi connectivity index (χ1v) is 5.60. The molecule has 0 spiro atoms. The van der Waals surface area contributed by atoms with E-state index < -0.39 is 0 Å². The molecule has 0 amide bonds. The van der Waals surface area contributed by atoms with E-state index in [0.717, 1.165) is 25.0 Å². The third-order valence-electron chi connectivity index (χ3n) is 3.59. The Morgan fingerprint density at radius 3 is 2.86 bits per heavy atom. The van der Waals surface area contributed by atoms with Gasteiger partial charge < -0.3 is 9.47 Å². The molecule has 2 bridgehead atoms. The Kier molecular flexibility index (Phi) is 3.24. The van der Waals surface area contributed by atoms with Gasteiger partial charge in [-0.2, -0.15) is 0 Å². The average Bonchev–Trinajstić information content (AvgIpc) is 2.76. The zero-order valence-electron chi connectivity index (χ0n) is 9.16. The molecule has 2 heteroatoms. The molecule has 14 heavy (non-hydrogen) atoms. The van der Waals surface area contributed by atoms with Gasteiger partial charge in [-0.3, -0.25) is 0 Å². The quantitative estimate of drug-likeness (QED) is 0.508. The van der Waals surface area contributed by atoms with E-state index in [1.54, 1.807) is 12.7 Å². The molecular formula is C12H20O2. The van der Waals surface area contributed by atoms with Crippen molar-refractivity contribution in [1.82, 2.24) is 0 Å². The second-order valence-electron chi connectivity index (χ2n) is 4.41. The highest BCUT2D eigenvalue weighted by Crippen LogP contribution is 2.49. The van der Waals surface area contributed by atoms with Crippen molar-refractivity contribution < 1.29 is 9.47 Å². The van der Waals surface area contributed by atoms with Crippen LogP contribution in [-0.2, 0) is 9.47 Å². The van der Waals surface area contributed by atoms with E-state index in [1.807, 2.05) is 0 Å². The number of ether oxygens (including phenoxy) is 2. The van der Waals surface area contributed by atoms with Crippen LogP contribution in [0.2, 0.25) is 0 Å². The molecule has 2 aliphatic carbocycles. The van der Waals surface area contributed by atoms with Crippen LogP contribution in [0.15, 0.2) is 11.6 Å². The monoisotopic (exact) mass is 196 g/mol. The predicted octanol–water partition coefficient (Wildman–Crippen LogP) is 2.39. The Bertz CT molecular complexity index is 222. The second-order valence-corrected chi connectivity index (χ2v) is 4.41. The number of fused-ring (bicyclic) bond motifs is 2. The molecule has 0 N–H and O–H groups in total. The summed E-state index contributed by atoms with van der Waals surface area (Å²) in [7, 11) is 1.72. The Morgan fingerprint density at radius 2 is 2.21 bits per heavy atom. The van der Waals surface area contributed by atoms with E-state index in [-0.39, 0.29) is 0 Å². The highest BCUT2D eigenvalue weighted by molar-refractivity contribution is 5.18. The lowest BCUT2D eigenvalue weighted by molar-refractivity contribution is 0.000160. The maximum absolute atomic E-state index is 5.84. The molecular weight excluding hydrogens is 176 g/mol. The molecule has 2 fully saturated rings. The van der Waals surface area contributed by atoms with Crippen molar-refractivity contribution in [2.45, 2.75) is 32.3 Å². The minimum Gasteiger partial charge on any atom is -0.382 e. The van der Waals surface area contributed by atoms with Gasteiger partial charge in [0.1, 0.15) is 0 Å². The summed E-state index contributed by atoms with van der Waals surface area (Å²) in [6, 6.07) is 0. The van der Waals surface area contributed by atoms with Gasteiger partial charge in [0, 0.05) is 13.0 Å². The largest absolute Gasteiger partial charge is 0.382 e. The molecule has 0 saturated heterocycles. The van der Waals surface area contributed by atoms with Crippen LogP contribution in [0, 0.1) is 11.8 Å². The zero-order chi connectivity index (χ0) is 9.97. The molecule has 2 aliphatic rings. The summed E-state index contributed by atoms with van der Waals surface area (Å²) >= 11 is 0. The molecule has 0 radical (unpaired) electrons. The minimum absolute atomic E-state index is 0.482. The summed E-state index contributed by atoms with van der Waals surface area (Å²) in [6.45, 7) is 3.63. The van der Waals surface area contributed by atoms with Crippen LogP contribution in [0.4, 0.5) is 0 Å². The first-order valence-electron chi connectivity index (χ1n) is 5.60. The third kappa shape index (κ3) is 1.86. The van der Waals surface area contributed by atoms with E-state index in [4.69, 9.17) is 9.47 Å². The smallest absolute Gasteiger partial charge is 0.0704 e. The summed E-state index contributed by atoms with van der Waals surface area (Å²) in [6.07, 6.45) is 6.72. The Morgan fingerprint density at radius 1 is 1.36 bits per heavy atom. The van der Waals surface area contributed by atoms with Crippen molar-refractivity contribution in [2.75, 3.05) is 20.3 Å². The second kappa shape index (κ2) is 4.45. The fourth-order valence-corrected chi connectivity index (χ4v) is 2.94. The van der Waals surface area contributed by atoms with Crippen molar-refractivity contribution in [1.29, 1.82) is 0 Å². The molecule has 0 aromatic rings. The molecule has 80 valence electrons. The van der Waals surface area contributed by atoms with Crippen LogP contribution in [0.25, 0.3) is 0 Å². The fraction of sp³-hybridized carbons (Fsp3) is 0.833. The van der Waals surface area contributed by atoms with Crippen LogP contribution in [0.3, 0.4) is 0 Å². The Hall–Kier alpha value is -0.340. The van der Waals surface area contributed by atoms with Crippen molar-refractivity contribution in [2.24, 2.45) is 11.8 Å². The first kappa shape index (κ1) is 10.2. The highest BCUT2D eigenvalue weighted by Gasteiger charge is 2.42. The molecule has 3 unspecified atom stereocenters. The summed E-state index contributed by atoms with van der Waals surface area (Å²) in [5, 5.41) is 0. The number of hydrogen-bond donors (Lipinski definition) is 0. The van der Waals surface area contributed by atoms with Gasteiger partial charge in [0.05, 0.1) is 19.3 Å². The lowest BCUT2D eigenvalue weighted by Gasteiger charge is -2.24. The summed E-state index contributed by atoms with van der Waals surface area (Å²) in [5.41, 5.74) is 1.63. The maximum Gasteiger partial charge on any atom is 0.0704 e. The van der Waals surface area contributed by atoms with Crippen LogP contribution < -0.4 is 0 Å². The van der Waals surface area contributed by atoms with Crippen LogP contribution >= 0.6 is 0 Å². The van der Waals surface area contributed by atoms with E-state index in [0.29, 0.717) is 6.10 Å². The molecule has 0 aromatic carbocycles. The van der Waals surface area contributed by atoms with Gasteiger partial charge in [-0.25, -0.2) is 0 Å². The lowest BCUT2D eigenvalue weighted by atomic mass is 9.92. The van der Waals surface area contributed by atoms with E-state index in [9.17, 15) is 0 Å². The van der Waals surface area contributed by atoms with Gasteiger partial charge in [-0.05, 0) is 32.1 Å². The summed E-state index contributed by atoms with van der Waals surface area (Å²) < 4.78 is 10.8. The Labute approximate surface area is 86.3 Å². The van der Waals surface area contributed by atoms with Gasteiger partial charge in [0.2, 0.25) is 0 Å². The first-order chi connectivity index (χ1) is 6.85. The van der Waals surface area contributed by atoms with E-state index >= 15 is 0 Å². The van der Waals surface area contributed by atoms with Gasteiger partial charge in [-0.1, -0.05) is 11.6 Å². The average molecular weight is 196 g/mol. The van der Waals surface area contributed by atoms with E-state index in [2.05, 4.69) is 13.0 Å². The topological polar surface area (TPSA) is 18.5 Å². The standard InChI is InChI=1S/C12H20O2/c1-3-10-6-9-7-11(10)12(8-9)14-5-4-13-2/h3,9,11-12H,4-8H2,1-2H3/b10-3-. The van der Waals surface area contributed by atoms with E-state index in [1.165, 1.54) is 19.3 Å². The number of allylic oxidation sites excluding steroid dienone is 1. The fourth-order valence-electron chi connectivity index (χ4n) is 2.94. The zero-order valence-corrected chi connectivity index (χ0v) is 9.16. The molecule has 0 aromatic heterocycles. The molecule has 2 rings (SSSR count). The highest BCUT2D eigenvalue weighted by atomic mass is 16.5. The number of rotatable bonds is 4. The molecule has 0 aliphatic heterocycles. The Balaban J connectivity index is 1.84. The molecule has 2 nitrogen and oxygen atoms in total. The maximum atomic E-state index is 5.84. The number of hydrogen-bond acceptors (Lipinski definition) is 2. The van der Waals surface area contributed by atoms with Crippen molar-refractivity contribution in [3.8, 4) is 0 Å². The molecule has 2 saturated carbocycles. The SMILES string of the molecule is C/C=C1/CC2CC(OCCOC)C1C2. The van der Waals surface area contributed by atoms with Gasteiger partial charge in [-0.15, -0.1) is 0 Å².